The van der Waals surface area contributed by atoms with Crippen molar-refractivity contribution < 1.29 is 4.74 Å². The number of hydrogen-bond acceptors (Lipinski definition) is 3. The molecule has 82 valence electrons. The number of anilines is 1. The Hall–Kier alpha value is -1.45. The minimum absolute atomic E-state index is 0.449. The molecule has 1 aromatic heterocycles. The summed E-state index contributed by atoms with van der Waals surface area (Å²) in [6.07, 6.45) is 1.51. The highest BCUT2D eigenvalue weighted by Crippen LogP contribution is 2.27. The lowest BCUT2D eigenvalue weighted by Crippen LogP contribution is -1.89. The second-order valence-corrected chi connectivity index (χ2v) is 3.94. The van der Waals surface area contributed by atoms with Crippen LogP contribution in [0.5, 0.6) is 11.6 Å². The van der Waals surface area contributed by atoms with Crippen LogP contribution in [0.4, 0.5) is 5.69 Å². The van der Waals surface area contributed by atoms with Crippen molar-refractivity contribution in [3.63, 3.8) is 0 Å². The van der Waals surface area contributed by atoms with Gasteiger partial charge in [-0.2, -0.15) is 0 Å². The van der Waals surface area contributed by atoms with Crippen molar-refractivity contribution in [2.45, 2.75) is 0 Å². The molecule has 3 nitrogen and oxygen atoms in total. The predicted molar refractivity (Wildman–Crippen MR) is 65.2 cm³/mol. The highest BCUT2D eigenvalue weighted by atomic mass is 35.5. The van der Waals surface area contributed by atoms with Crippen LogP contribution in [0.25, 0.3) is 0 Å². The van der Waals surface area contributed by atoms with Crippen LogP contribution in [-0.2, 0) is 0 Å². The van der Waals surface area contributed by atoms with Crippen LogP contribution in [0.3, 0.4) is 0 Å². The van der Waals surface area contributed by atoms with Gasteiger partial charge in [0.2, 0.25) is 5.88 Å². The van der Waals surface area contributed by atoms with Gasteiger partial charge in [0.05, 0.1) is 15.7 Å². The topological polar surface area (TPSA) is 48.1 Å². The molecular weight excluding hydrogens is 247 g/mol. The van der Waals surface area contributed by atoms with E-state index in [9.17, 15) is 0 Å². The van der Waals surface area contributed by atoms with Crippen LogP contribution in [0, 0.1) is 0 Å². The molecule has 0 amide bonds. The van der Waals surface area contributed by atoms with Gasteiger partial charge in [-0.15, -0.1) is 0 Å². The minimum Gasteiger partial charge on any atom is -0.439 e. The lowest BCUT2D eigenvalue weighted by Gasteiger charge is -2.05. The second kappa shape index (κ2) is 4.60. The lowest BCUT2D eigenvalue weighted by atomic mass is 10.3. The Kier molecular flexibility index (Phi) is 3.17. The van der Waals surface area contributed by atoms with Crippen molar-refractivity contribution in [1.82, 2.24) is 4.98 Å². The maximum absolute atomic E-state index is 5.86. The molecule has 5 heteroatoms. The van der Waals surface area contributed by atoms with Crippen LogP contribution >= 0.6 is 23.2 Å². The molecule has 0 unspecified atom stereocenters. The fourth-order valence-electron chi connectivity index (χ4n) is 1.11. The molecule has 0 aliphatic rings. The van der Waals surface area contributed by atoms with E-state index < -0.39 is 0 Å². The molecule has 0 aliphatic heterocycles. The van der Waals surface area contributed by atoms with E-state index in [0.29, 0.717) is 27.4 Å². The number of hydrogen-bond donors (Lipinski definition) is 1. The highest BCUT2D eigenvalue weighted by molar-refractivity contribution is 6.33. The summed E-state index contributed by atoms with van der Waals surface area (Å²) in [5.41, 5.74) is 6.09. The number of benzene rings is 1. The van der Waals surface area contributed by atoms with Crippen LogP contribution < -0.4 is 10.5 Å². The average molecular weight is 255 g/mol. The number of rotatable bonds is 2. The molecule has 2 N–H and O–H groups in total. The molecule has 0 atom stereocenters. The van der Waals surface area contributed by atoms with Crippen LogP contribution in [0.15, 0.2) is 36.5 Å². The molecular formula is C11H8Cl2N2O. The van der Waals surface area contributed by atoms with Gasteiger partial charge in [-0.05, 0) is 18.2 Å². The first-order valence-electron chi connectivity index (χ1n) is 4.49. The first kappa shape index (κ1) is 11.0. The molecule has 1 heterocycles. The Labute approximate surface area is 103 Å². The molecule has 16 heavy (non-hydrogen) atoms. The van der Waals surface area contributed by atoms with Crippen molar-refractivity contribution >= 4 is 28.9 Å². The number of pyridine rings is 1. The summed E-state index contributed by atoms with van der Waals surface area (Å²) in [6.45, 7) is 0. The largest absolute Gasteiger partial charge is 0.439 e. The van der Waals surface area contributed by atoms with Gasteiger partial charge in [0.1, 0.15) is 5.75 Å². The first-order valence-corrected chi connectivity index (χ1v) is 5.25. The zero-order chi connectivity index (χ0) is 11.5. The van der Waals surface area contributed by atoms with Gasteiger partial charge >= 0.3 is 0 Å². The maximum Gasteiger partial charge on any atom is 0.219 e. The van der Waals surface area contributed by atoms with Gasteiger partial charge < -0.3 is 10.5 Å². The van der Waals surface area contributed by atoms with E-state index in [-0.39, 0.29) is 0 Å². The lowest BCUT2D eigenvalue weighted by molar-refractivity contribution is 0.463. The molecule has 0 saturated heterocycles. The van der Waals surface area contributed by atoms with Crippen LogP contribution in [0.1, 0.15) is 0 Å². The molecule has 0 bridgehead atoms. The van der Waals surface area contributed by atoms with Crippen LogP contribution in [-0.4, -0.2) is 4.98 Å². The van der Waals surface area contributed by atoms with E-state index in [1.54, 1.807) is 30.3 Å². The molecule has 2 rings (SSSR count). The van der Waals surface area contributed by atoms with Crippen LogP contribution in [0.2, 0.25) is 10.0 Å². The molecule has 0 radical (unpaired) electrons. The molecule has 0 aliphatic carbocycles. The number of halogens is 2. The molecule has 1 aromatic carbocycles. The van der Waals surface area contributed by atoms with Gasteiger partial charge in [0, 0.05) is 18.3 Å². The second-order valence-electron chi connectivity index (χ2n) is 3.10. The number of nitrogens with two attached hydrogens (primary N) is 1. The quantitative estimate of drug-likeness (QED) is 0.831. The van der Waals surface area contributed by atoms with Crippen molar-refractivity contribution in [3.05, 3.63) is 46.6 Å². The van der Waals surface area contributed by atoms with E-state index >= 15 is 0 Å². The summed E-state index contributed by atoms with van der Waals surface area (Å²) in [4.78, 5) is 4.00. The standard InChI is InChI=1S/C11H8Cl2N2O/c12-7-1-4-11(15-6-7)16-8-2-3-10(14)9(13)5-8/h1-6H,14H2. The van der Waals surface area contributed by atoms with Crippen molar-refractivity contribution in [2.24, 2.45) is 0 Å². The van der Waals surface area contributed by atoms with E-state index in [1.807, 2.05) is 0 Å². The SMILES string of the molecule is Nc1ccc(Oc2ccc(Cl)cn2)cc1Cl. The zero-order valence-electron chi connectivity index (χ0n) is 8.15. The Bertz CT molecular complexity index is 500. The summed E-state index contributed by atoms with van der Waals surface area (Å²) < 4.78 is 5.46. The van der Waals surface area contributed by atoms with E-state index in [0.717, 1.165) is 0 Å². The fourth-order valence-corrected chi connectivity index (χ4v) is 1.40. The third kappa shape index (κ3) is 2.56. The Balaban J connectivity index is 2.20. The molecule has 0 fully saturated rings. The van der Waals surface area contributed by atoms with Gasteiger partial charge in [-0.3, -0.25) is 0 Å². The summed E-state index contributed by atoms with van der Waals surface area (Å²) >= 11 is 11.6. The third-order valence-corrected chi connectivity index (χ3v) is 2.45. The number of nitrogen functional groups attached to an aromatic ring is 1. The molecule has 2 aromatic rings. The van der Waals surface area contributed by atoms with Crippen molar-refractivity contribution in [2.75, 3.05) is 5.73 Å². The average Bonchev–Trinajstić information content (AvgIpc) is 2.27. The third-order valence-electron chi connectivity index (χ3n) is 1.89. The molecule has 0 spiro atoms. The summed E-state index contributed by atoms with van der Waals surface area (Å²) in [6, 6.07) is 8.40. The number of aromatic nitrogens is 1. The van der Waals surface area contributed by atoms with E-state index in [4.69, 9.17) is 33.7 Å². The fraction of sp³-hybridized carbons (Fsp3) is 0. The molecule has 0 saturated carbocycles. The Morgan fingerprint density at radius 1 is 1.12 bits per heavy atom. The normalized spacial score (nSPS) is 10.1. The highest BCUT2D eigenvalue weighted by Gasteiger charge is 2.01. The van der Waals surface area contributed by atoms with Crippen molar-refractivity contribution in [1.29, 1.82) is 0 Å². The zero-order valence-corrected chi connectivity index (χ0v) is 9.66. The Morgan fingerprint density at radius 3 is 2.56 bits per heavy atom. The maximum atomic E-state index is 5.86. The number of nitrogens with zero attached hydrogens (tertiary/aromatic N) is 1. The summed E-state index contributed by atoms with van der Waals surface area (Å²) in [7, 11) is 0. The van der Waals surface area contributed by atoms with E-state index in [2.05, 4.69) is 4.98 Å². The Morgan fingerprint density at radius 2 is 1.94 bits per heavy atom. The van der Waals surface area contributed by atoms with Gasteiger partial charge in [-0.25, -0.2) is 4.98 Å². The minimum atomic E-state index is 0.449. The number of ether oxygens (including phenoxy) is 1. The summed E-state index contributed by atoms with van der Waals surface area (Å²) in [5, 5.41) is 1.01. The predicted octanol–water partition coefficient (Wildman–Crippen LogP) is 3.76. The van der Waals surface area contributed by atoms with Gasteiger partial charge in [0.25, 0.3) is 0 Å². The van der Waals surface area contributed by atoms with E-state index in [1.165, 1.54) is 6.20 Å². The summed E-state index contributed by atoms with van der Waals surface area (Å²) in [5.74, 6) is 1.03. The van der Waals surface area contributed by atoms with Crippen molar-refractivity contribution in [3.8, 4) is 11.6 Å². The first-order chi connectivity index (χ1) is 7.65. The monoisotopic (exact) mass is 254 g/mol. The smallest absolute Gasteiger partial charge is 0.219 e. The van der Waals surface area contributed by atoms with Gasteiger partial charge in [0.15, 0.2) is 0 Å². The van der Waals surface area contributed by atoms with Gasteiger partial charge in [-0.1, -0.05) is 23.2 Å².